The maximum absolute atomic E-state index is 12.7. The van der Waals surface area contributed by atoms with Gasteiger partial charge in [-0.3, -0.25) is 9.59 Å². The molecule has 0 bridgehead atoms. The summed E-state index contributed by atoms with van der Waals surface area (Å²) in [6.45, 7) is 4.31. The number of carboxylic acids is 1. The molecule has 2 atom stereocenters. The average Bonchev–Trinajstić information content (AvgIpc) is 3.19. The Hall–Kier alpha value is -4.53. The van der Waals surface area contributed by atoms with Crippen LogP contribution >= 0.6 is 0 Å². The minimum Gasteiger partial charge on any atom is -0.544 e. The second kappa shape index (κ2) is 40.3. The van der Waals surface area contributed by atoms with E-state index in [-0.39, 0.29) is 55.5 Å². The Morgan fingerprint density at radius 2 is 0.949 bits per heavy atom. The molecule has 2 unspecified atom stereocenters. The fourth-order valence-electron chi connectivity index (χ4n) is 5.42. The van der Waals surface area contributed by atoms with Gasteiger partial charge in [-0.05, 0) is 51.4 Å². The highest BCUT2D eigenvalue weighted by atomic mass is 16.6. The first kappa shape index (κ1) is 54.5. The molecule has 0 heterocycles. The first-order valence-corrected chi connectivity index (χ1v) is 21.9. The zero-order chi connectivity index (χ0) is 43.5. The molecule has 0 aliphatic heterocycles. The predicted octanol–water partition coefficient (Wildman–Crippen LogP) is 10.7. The molecule has 8 nitrogen and oxygen atoms in total. The van der Waals surface area contributed by atoms with Crippen molar-refractivity contribution >= 4 is 17.9 Å². The van der Waals surface area contributed by atoms with Crippen molar-refractivity contribution in [2.24, 2.45) is 0 Å². The normalized spacial score (nSPS) is 14.3. The Labute approximate surface area is 358 Å². The van der Waals surface area contributed by atoms with Crippen LogP contribution < -0.4 is 5.11 Å². The van der Waals surface area contributed by atoms with E-state index < -0.39 is 18.1 Å². The van der Waals surface area contributed by atoms with Crippen LogP contribution in [0.3, 0.4) is 0 Å². The van der Waals surface area contributed by atoms with Crippen LogP contribution in [0.1, 0.15) is 117 Å². The van der Waals surface area contributed by atoms with Crippen LogP contribution in [-0.4, -0.2) is 75.5 Å². The lowest BCUT2D eigenvalue weighted by Gasteiger charge is -2.34. The van der Waals surface area contributed by atoms with Crippen molar-refractivity contribution in [3.8, 4) is 0 Å². The van der Waals surface area contributed by atoms with Gasteiger partial charge in [-0.2, -0.15) is 0 Å². The SMILES string of the molecule is CC/C=C/C=C/C=C/C=C/C=C/C=C/CCCCCC(=O)OCC(COCCC(C(=O)[O-])[N+](C)(C)C)OC(=O)CCCCCCC/C=C/C=C/C=C/C=C/C=C/CCC. The van der Waals surface area contributed by atoms with Gasteiger partial charge in [-0.25, -0.2) is 0 Å². The molecule has 0 aromatic carbocycles. The molecule has 0 amide bonds. The standard InChI is InChI=1S/C51H77NO7/c1-6-8-10-12-14-16-18-20-22-24-26-28-30-32-34-36-38-40-42-50(54)59-47(45-57-44-43-48(51(55)56)52(3,4)5)46-58-49(53)41-39-37-35-33-31-29-27-25-23-21-19-17-15-13-11-9-7-2/h9-29,31,47-48H,6-8,30,32-46H2,1-5H3/b11-9+,12-10+,15-13+,16-14+,19-17+,20-18+,23-21+,24-22+,27-25+,28-26+,31-29+. The largest absolute Gasteiger partial charge is 0.544 e. The average molecular weight is 816 g/mol. The van der Waals surface area contributed by atoms with E-state index in [1.807, 2.05) is 97.2 Å². The summed E-state index contributed by atoms with van der Waals surface area (Å²) in [5.41, 5.74) is 0. The van der Waals surface area contributed by atoms with Crippen molar-refractivity contribution in [3.05, 3.63) is 134 Å². The number of aliphatic carboxylic acids is 1. The number of hydrogen-bond acceptors (Lipinski definition) is 7. The lowest BCUT2D eigenvalue weighted by molar-refractivity contribution is -0.889. The summed E-state index contributed by atoms with van der Waals surface area (Å²) < 4.78 is 17.1. The molecule has 0 aromatic rings. The van der Waals surface area contributed by atoms with Gasteiger partial charge < -0.3 is 28.6 Å². The number of carbonyl (C=O) groups is 3. The van der Waals surface area contributed by atoms with Crippen LogP contribution in [0.15, 0.2) is 134 Å². The van der Waals surface area contributed by atoms with E-state index in [2.05, 4.69) is 50.3 Å². The van der Waals surface area contributed by atoms with Crippen LogP contribution in [0, 0.1) is 0 Å². The van der Waals surface area contributed by atoms with E-state index in [0.29, 0.717) is 12.8 Å². The number of likely N-dealkylation sites (N-methyl/N-ethyl adjacent to an activating group) is 1. The summed E-state index contributed by atoms with van der Waals surface area (Å²) >= 11 is 0. The van der Waals surface area contributed by atoms with Gasteiger partial charge >= 0.3 is 11.9 Å². The molecule has 0 fully saturated rings. The molecular formula is C51H77NO7. The summed E-state index contributed by atoms with van der Waals surface area (Å²) in [6, 6.07) is -0.748. The third-order valence-corrected chi connectivity index (χ3v) is 8.79. The van der Waals surface area contributed by atoms with Gasteiger partial charge in [0.25, 0.3) is 0 Å². The highest BCUT2D eigenvalue weighted by Gasteiger charge is 2.25. The lowest BCUT2D eigenvalue weighted by atomic mass is 10.1. The summed E-state index contributed by atoms with van der Waals surface area (Å²) in [5.74, 6) is -1.85. The second-order valence-corrected chi connectivity index (χ2v) is 15.1. The van der Waals surface area contributed by atoms with E-state index in [1.165, 1.54) is 6.42 Å². The first-order chi connectivity index (χ1) is 28.6. The Balaban J connectivity index is 4.55. The molecule has 0 spiro atoms. The molecule has 328 valence electrons. The van der Waals surface area contributed by atoms with Crippen molar-refractivity contribution < 1.29 is 38.2 Å². The number of unbranched alkanes of at least 4 members (excludes halogenated alkanes) is 9. The van der Waals surface area contributed by atoms with Crippen molar-refractivity contribution in [2.75, 3.05) is 41.0 Å². The number of quaternary nitrogens is 1. The third-order valence-electron chi connectivity index (χ3n) is 8.79. The number of carboxylic acid groups (broad SMARTS) is 1. The highest BCUT2D eigenvalue weighted by molar-refractivity contribution is 5.70. The van der Waals surface area contributed by atoms with Gasteiger partial charge in [0.05, 0.1) is 40.3 Å². The summed E-state index contributed by atoms with van der Waals surface area (Å²) in [6.07, 6.45) is 57.5. The van der Waals surface area contributed by atoms with E-state index in [4.69, 9.17) is 14.2 Å². The smallest absolute Gasteiger partial charge is 0.306 e. The van der Waals surface area contributed by atoms with Crippen LogP contribution in [0.5, 0.6) is 0 Å². The van der Waals surface area contributed by atoms with E-state index in [1.54, 1.807) is 21.1 Å². The monoisotopic (exact) mass is 816 g/mol. The molecule has 0 saturated carbocycles. The van der Waals surface area contributed by atoms with Crippen molar-refractivity contribution in [2.45, 2.75) is 129 Å². The molecule has 0 saturated heterocycles. The Bertz CT molecular complexity index is 1420. The predicted molar refractivity (Wildman–Crippen MR) is 244 cm³/mol. The number of ether oxygens (including phenoxy) is 3. The van der Waals surface area contributed by atoms with Crippen LogP contribution in [0.2, 0.25) is 0 Å². The van der Waals surface area contributed by atoms with Gasteiger partial charge in [0, 0.05) is 19.3 Å². The molecule has 0 aliphatic rings. The van der Waals surface area contributed by atoms with Gasteiger partial charge in [0.2, 0.25) is 0 Å². The van der Waals surface area contributed by atoms with Gasteiger partial charge in [-0.1, -0.05) is 180 Å². The Morgan fingerprint density at radius 1 is 0.525 bits per heavy atom. The summed E-state index contributed by atoms with van der Waals surface area (Å²) in [5, 5.41) is 11.6. The molecule has 59 heavy (non-hydrogen) atoms. The molecule has 0 N–H and O–H groups in total. The quantitative estimate of drug-likeness (QED) is 0.0269. The van der Waals surface area contributed by atoms with Crippen molar-refractivity contribution in [1.29, 1.82) is 0 Å². The maximum Gasteiger partial charge on any atom is 0.306 e. The van der Waals surface area contributed by atoms with Gasteiger partial charge in [-0.15, -0.1) is 0 Å². The van der Waals surface area contributed by atoms with Crippen molar-refractivity contribution in [3.63, 3.8) is 0 Å². The number of hydrogen-bond donors (Lipinski definition) is 0. The Morgan fingerprint density at radius 3 is 1.42 bits per heavy atom. The first-order valence-electron chi connectivity index (χ1n) is 21.9. The van der Waals surface area contributed by atoms with Crippen LogP contribution in [0.25, 0.3) is 0 Å². The fraction of sp³-hybridized carbons (Fsp3) is 0.510. The minimum absolute atomic E-state index is 0.00422. The highest BCUT2D eigenvalue weighted by Crippen LogP contribution is 2.12. The summed E-state index contributed by atoms with van der Waals surface area (Å²) in [7, 11) is 5.36. The van der Waals surface area contributed by atoms with E-state index >= 15 is 0 Å². The number of allylic oxidation sites excluding steroid dienone is 22. The fourth-order valence-corrected chi connectivity index (χ4v) is 5.42. The number of carbonyl (C=O) groups excluding carboxylic acids is 3. The lowest BCUT2D eigenvalue weighted by Crippen LogP contribution is -2.55. The molecule has 8 heteroatoms. The molecule has 0 aliphatic carbocycles. The number of esters is 2. The Kier molecular flexibility index (Phi) is 37.2. The molecule has 0 aromatic heterocycles. The minimum atomic E-state index is -1.14. The van der Waals surface area contributed by atoms with Gasteiger partial charge in [0.15, 0.2) is 6.10 Å². The molecular weight excluding hydrogens is 739 g/mol. The maximum atomic E-state index is 12.7. The zero-order valence-corrected chi connectivity index (χ0v) is 37.1. The number of rotatable bonds is 36. The third kappa shape index (κ3) is 38.7. The summed E-state index contributed by atoms with van der Waals surface area (Å²) in [4.78, 5) is 36.9. The van der Waals surface area contributed by atoms with E-state index in [9.17, 15) is 19.5 Å². The second-order valence-electron chi connectivity index (χ2n) is 15.1. The number of nitrogens with zero attached hydrogens (tertiary/aromatic N) is 1. The molecule has 0 rings (SSSR count). The van der Waals surface area contributed by atoms with Gasteiger partial charge in [0.1, 0.15) is 12.6 Å². The molecule has 0 radical (unpaired) electrons. The topological polar surface area (TPSA) is 102 Å². The van der Waals surface area contributed by atoms with E-state index in [0.717, 1.165) is 64.2 Å². The van der Waals surface area contributed by atoms with Crippen LogP contribution in [0.4, 0.5) is 0 Å². The van der Waals surface area contributed by atoms with Crippen LogP contribution in [-0.2, 0) is 28.6 Å². The zero-order valence-electron chi connectivity index (χ0n) is 37.1. The van der Waals surface area contributed by atoms with Crippen molar-refractivity contribution in [1.82, 2.24) is 0 Å².